The molecule has 0 aromatic heterocycles. The number of rotatable bonds is 4. The van der Waals surface area contributed by atoms with E-state index in [1.54, 1.807) is 17.5 Å². The first-order chi connectivity index (χ1) is 5.88. The van der Waals surface area contributed by atoms with E-state index in [0.29, 0.717) is 5.41 Å². The van der Waals surface area contributed by atoms with E-state index in [9.17, 15) is 0 Å². The first-order valence-corrected chi connectivity index (χ1v) is 5.75. The Morgan fingerprint density at radius 1 is 1.31 bits per heavy atom. The fourth-order valence-electron chi connectivity index (χ4n) is 1.05. The second kappa shape index (κ2) is 5.71. The van der Waals surface area contributed by atoms with E-state index in [2.05, 4.69) is 51.5 Å². The third kappa shape index (κ3) is 6.17. The summed E-state index contributed by atoms with van der Waals surface area (Å²) in [6.07, 6.45) is 2.45. The molecule has 2 heteroatoms. The fourth-order valence-corrected chi connectivity index (χ4v) is 1.86. The van der Waals surface area contributed by atoms with Gasteiger partial charge in [-0.1, -0.05) is 51.6 Å². The van der Waals surface area contributed by atoms with E-state index in [1.807, 2.05) is 0 Å². The molecule has 0 fully saturated rings. The normalized spacial score (nSPS) is 13.9. The van der Waals surface area contributed by atoms with Gasteiger partial charge in [-0.15, -0.1) is 0 Å². The number of allylic oxidation sites excluding steroid dienone is 1. The molecule has 0 saturated carbocycles. The summed E-state index contributed by atoms with van der Waals surface area (Å²) in [5, 5.41) is 2.30. The fraction of sp³-hybridized carbons (Fsp3) is 0.818. The second-order valence-corrected chi connectivity index (χ2v) is 5.74. The Labute approximate surface area is 87.7 Å². The van der Waals surface area contributed by atoms with Crippen molar-refractivity contribution in [1.82, 2.24) is 4.31 Å². The Bertz CT molecular complexity index is 165. The molecule has 0 aromatic carbocycles. The van der Waals surface area contributed by atoms with Gasteiger partial charge < -0.3 is 0 Å². The summed E-state index contributed by atoms with van der Waals surface area (Å²) >= 11 is 1.78. The molecule has 1 nitrogen and oxygen atoms in total. The number of hydrogen-bond donors (Lipinski definition) is 0. The van der Waals surface area contributed by atoms with Crippen LogP contribution in [0.25, 0.3) is 0 Å². The van der Waals surface area contributed by atoms with Gasteiger partial charge in [0, 0.05) is 0 Å². The molecule has 0 aliphatic rings. The van der Waals surface area contributed by atoms with E-state index < -0.39 is 0 Å². The zero-order valence-electron chi connectivity index (χ0n) is 9.85. The molecule has 0 aliphatic heterocycles. The topological polar surface area (TPSA) is 3.24 Å². The van der Waals surface area contributed by atoms with Crippen molar-refractivity contribution in [3.63, 3.8) is 0 Å². The molecule has 78 valence electrons. The van der Waals surface area contributed by atoms with Crippen LogP contribution in [0.1, 0.15) is 40.5 Å². The van der Waals surface area contributed by atoms with Crippen LogP contribution in [0, 0.1) is 5.41 Å². The summed E-state index contributed by atoms with van der Waals surface area (Å²) in [6, 6.07) is 0. The van der Waals surface area contributed by atoms with Gasteiger partial charge in [-0.2, -0.15) is 0 Å². The third-order valence-electron chi connectivity index (χ3n) is 1.89. The van der Waals surface area contributed by atoms with Crippen molar-refractivity contribution in [2.45, 2.75) is 40.5 Å². The molecule has 13 heavy (non-hydrogen) atoms. The molecular formula is C11H23NS. The highest BCUT2D eigenvalue weighted by Gasteiger charge is 2.15. The highest BCUT2D eigenvalue weighted by Crippen LogP contribution is 2.31. The maximum atomic E-state index is 2.30. The van der Waals surface area contributed by atoms with Gasteiger partial charge in [-0.3, -0.25) is 4.31 Å². The molecule has 0 bridgehead atoms. The van der Waals surface area contributed by atoms with E-state index in [4.69, 9.17) is 0 Å². The van der Waals surface area contributed by atoms with Crippen LogP contribution < -0.4 is 0 Å². The van der Waals surface area contributed by atoms with Crippen molar-refractivity contribution in [3.05, 3.63) is 11.0 Å². The van der Waals surface area contributed by atoms with Crippen molar-refractivity contribution < 1.29 is 0 Å². The number of nitrogens with zero attached hydrogens (tertiary/aromatic N) is 1. The highest BCUT2D eigenvalue weighted by molar-refractivity contribution is 7.99. The molecule has 0 unspecified atom stereocenters. The van der Waals surface area contributed by atoms with Crippen LogP contribution in [0.5, 0.6) is 0 Å². The van der Waals surface area contributed by atoms with Crippen molar-refractivity contribution in [3.8, 4) is 0 Å². The Morgan fingerprint density at radius 2 is 1.85 bits per heavy atom. The van der Waals surface area contributed by atoms with Crippen LogP contribution in [0.3, 0.4) is 0 Å². The zero-order valence-corrected chi connectivity index (χ0v) is 10.7. The Balaban J connectivity index is 4.32. The molecule has 0 spiro atoms. The molecule has 0 atom stereocenters. The smallest absolute Gasteiger partial charge is 0.00254 e. The summed E-state index contributed by atoms with van der Waals surface area (Å²) in [7, 11) is 4.15. The van der Waals surface area contributed by atoms with Crippen molar-refractivity contribution in [2.75, 3.05) is 14.1 Å². The quantitative estimate of drug-likeness (QED) is 0.634. The van der Waals surface area contributed by atoms with Gasteiger partial charge in [0.2, 0.25) is 0 Å². The van der Waals surface area contributed by atoms with Gasteiger partial charge in [-0.05, 0) is 31.3 Å². The lowest BCUT2D eigenvalue weighted by Crippen LogP contribution is -2.09. The molecular weight excluding hydrogens is 178 g/mol. The summed E-state index contributed by atoms with van der Waals surface area (Å²) in [5.74, 6) is 0. The maximum Gasteiger partial charge on any atom is -0.00254 e. The molecule has 0 radical (unpaired) electrons. The van der Waals surface area contributed by atoms with Crippen LogP contribution >= 0.6 is 11.9 Å². The van der Waals surface area contributed by atoms with Crippen LogP contribution in [-0.2, 0) is 0 Å². The van der Waals surface area contributed by atoms with Crippen molar-refractivity contribution in [2.24, 2.45) is 5.41 Å². The maximum absolute atomic E-state index is 2.30. The lowest BCUT2D eigenvalue weighted by Gasteiger charge is -2.23. The van der Waals surface area contributed by atoms with E-state index in [1.165, 1.54) is 12.8 Å². The van der Waals surface area contributed by atoms with E-state index in [0.717, 1.165) is 0 Å². The summed E-state index contributed by atoms with van der Waals surface area (Å²) in [5.41, 5.74) is 1.87. The highest BCUT2D eigenvalue weighted by atomic mass is 32.2. The third-order valence-corrected chi connectivity index (χ3v) is 2.70. The van der Waals surface area contributed by atoms with Gasteiger partial charge in [-0.25, -0.2) is 0 Å². The van der Waals surface area contributed by atoms with Gasteiger partial charge >= 0.3 is 0 Å². The van der Waals surface area contributed by atoms with Crippen LogP contribution in [0.2, 0.25) is 0 Å². The summed E-state index contributed by atoms with van der Waals surface area (Å²) in [4.78, 5) is 0. The summed E-state index contributed by atoms with van der Waals surface area (Å²) < 4.78 is 2.13. The molecule has 0 aliphatic carbocycles. The van der Waals surface area contributed by atoms with E-state index in [-0.39, 0.29) is 0 Å². The van der Waals surface area contributed by atoms with Crippen molar-refractivity contribution in [1.29, 1.82) is 0 Å². The Hall–Kier alpha value is 0.0500. The molecule has 0 rings (SSSR count). The van der Waals surface area contributed by atoms with E-state index >= 15 is 0 Å². The molecule has 0 saturated heterocycles. The minimum absolute atomic E-state index is 0.318. The van der Waals surface area contributed by atoms with Crippen LogP contribution in [-0.4, -0.2) is 18.4 Å². The monoisotopic (exact) mass is 201 g/mol. The van der Waals surface area contributed by atoms with Gasteiger partial charge in [0.15, 0.2) is 0 Å². The first kappa shape index (κ1) is 13.1. The van der Waals surface area contributed by atoms with Crippen molar-refractivity contribution >= 4 is 11.9 Å². The zero-order chi connectivity index (χ0) is 10.5. The number of hydrogen-bond acceptors (Lipinski definition) is 2. The van der Waals surface area contributed by atoms with Gasteiger partial charge in [0.1, 0.15) is 0 Å². The summed E-state index contributed by atoms with van der Waals surface area (Å²) in [6.45, 7) is 9.08. The van der Waals surface area contributed by atoms with Crippen LogP contribution in [0.15, 0.2) is 11.0 Å². The van der Waals surface area contributed by atoms with Gasteiger partial charge in [0.05, 0.1) is 0 Å². The predicted molar refractivity (Wildman–Crippen MR) is 63.7 cm³/mol. The molecule has 0 aromatic rings. The molecule has 0 heterocycles. The predicted octanol–water partition coefficient (Wildman–Crippen LogP) is 3.93. The van der Waals surface area contributed by atoms with Crippen LogP contribution in [0.4, 0.5) is 0 Å². The average Bonchev–Trinajstić information content (AvgIpc) is 1.95. The minimum Gasteiger partial charge on any atom is -0.253 e. The largest absolute Gasteiger partial charge is 0.253 e. The lowest BCUT2D eigenvalue weighted by molar-refractivity contribution is 0.481. The standard InChI is InChI=1S/C11H23NS/c1-7-8-10(11(2,3)4)9-13-12(5)6/h9H,7-8H2,1-6H3/b10-9-. The molecule has 0 N–H and O–H groups in total. The lowest BCUT2D eigenvalue weighted by atomic mass is 9.85. The Kier molecular flexibility index (Phi) is 5.73. The SMILES string of the molecule is CCC/C(=C/SN(C)C)C(C)(C)C. The Morgan fingerprint density at radius 3 is 2.15 bits per heavy atom. The average molecular weight is 201 g/mol. The molecule has 0 amide bonds. The first-order valence-electron chi connectivity index (χ1n) is 4.91. The minimum atomic E-state index is 0.318. The van der Waals surface area contributed by atoms with Gasteiger partial charge in [0.25, 0.3) is 0 Å². The second-order valence-electron chi connectivity index (χ2n) is 4.56.